The van der Waals surface area contributed by atoms with E-state index in [0.717, 1.165) is 38.1 Å². The Morgan fingerprint density at radius 2 is 1.86 bits per heavy atom. The van der Waals surface area contributed by atoms with Gasteiger partial charge in [-0.3, -0.25) is 9.69 Å². The first kappa shape index (κ1) is 14.8. The van der Waals surface area contributed by atoms with Gasteiger partial charge in [0.05, 0.1) is 12.6 Å². The lowest BCUT2D eigenvalue weighted by molar-refractivity contribution is -0.124. The zero-order chi connectivity index (χ0) is 14.7. The number of hydrogen-bond donors (Lipinski definition) is 1. The number of carbonyl (C=O) groups is 1. The van der Waals surface area contributed by atoms with Crippen LogP contribution in [0.2, 0.25) is 0 Å². The molecule has 1 N–H and O–H groups in total. The van der Waals surface area contributed by atoms with Gasteiger partial charge >= 0.3 is 0 Å². The van der Waals surface area contributed by atoms with Crippen molar-refractivity contribution >= 4 is 5.91 Å². The van der Waals surface area contributed by atoms with Crippen molar-refractivity contribution in [3.8, 4) is 6.07 Å². The highest BCUT2D eigenvalue weighted by atomic mass is 16.2. The van der Waals surface area contributed by atoms with Gasteiger partial charge in [-0.25, -0.2) is 0 Å². The summed E-state index contributed by atoms with van der Waals surface area (Å²) in [7, 11) is 0. The second-order valence-electron chi connectivity index (χ2n) is 7.17. The van der Waals surface area contributed by atoms with Crippen LogP contribution in [0.1, 0.15) is 64.2 Å². The Morgan fingerprint density at radius 1 is 1.14 bits per heavy atom. The number of nitrogens with zero attached hydrogens (tertiary/aromatic N) is 2. The van der Waals surface area contributed by atoms with E-state index in [1.54, 1.807) is 0 Å². The molecule has 4 nitrogen and oxygen atoms in total. The smallest absolute Gasteiger partial charge is 0.235 e. The van der Waals surface area contributed by atoms with Gasteiger partial charge in [0, 0.05) is 6.04 Å². The highest BCUT2D eigenvalue weighted by Crippen LogP contribution is 2.35. The SMILES string of the molecule is N#CC1(NC(=O)CN2CCC[C@H]2C2CCCC2)CCCC1. The average Bonchev–Trinajstić information content (AvgIpc) is 3.19. The maximum absolute atomic E-state index is 12.4. The summed E-state index contributed by atoms with van der Waals surface area (Å²) in [5, 5.41) is 12.4. The third-order valence-electron chi connectivity index (χ3n) is 5.75. The Labute approximate surface area is 127 Å². The van der Waals surface area contributed by atoms with Gasteiger partial charge in [-0.1, -0.05) is 12.8 Å². The molecule has 0 aromatic heterocycles. The lowest BCUT2D eigenvalue weighted by Crippen LogP contribution is -2.50. The van der Waals surface area contributed by atoms with E-state index in [1.165, 1.54) is 38.5 Å². The van der Waals surface area contributed by atoms with Crippen LogP contribution >= 0.6 is 0 Å². The van der Waals surface area contributed by atoms with Gasteiger partial charge in [-0.15, -0.1) is 0 Å². The summed E-state index contributed by atoms with van der Waals surface area (Å²) < 4.78 is 0. The Bertz CT molecular complexity index is 416. The number of carbonyl (C=O) groups excluding carboxylic acids is 1. The molecule has 21 heavy (non-hydrogen) atoms. The van der Waals surface area contributed by atoms with E-state index in [-0.39, 0.29) is 5.91 Å². The Morgan fingerprint density at radius 3 is 2.52 bits per heavy atom. The number of hydrogen-bond acceptors (Lipinski definition) is 3. The fraction of sp³-hybridized carbons (Fsp3) is 0.882. The zero-order valence-electron chi connectivity index (χ0n) is 12.9. The minimum atomic E-state index is -0.570. The molecule has 0 spiro atoms. The summed E-state index contributed by atoms with van der Waals surface area (Å²) >= 11 is 0. The molecule has 1 aliphatic heterocycles. The van der Waals surface area contributed by atoms with E-state index in [1.807, 2.05) is 0 Å². The molecule has 4 heteroatoms. The maximum atomic E-state index is 12.4. The summed E-state index contributed by atoms with van der Waals surface area (Å²) in [6.45, 7) is 1.54. The normalized spacial score (nSPS) is 29.6. The molecule has 0 radical (unpaired) electrons. The molecule has 116 valence electrons. The molecular formula is C17H27N3O. The number of rotatable bonds is 4. The molecule has 1 atom stereocenters. The first-order chi connectivity index (χ1) is 10.2. The van der Waals surface area contributed by atoms with Crippen LogP contribution in [0, 0.1) is 17.2 Å². The summed E-state index contributed by atoms with van der Waals surface area (Å²) in [5.74, 6) is 0.861. The summed E-state index contributed by atoms with van der Waals surface area (Å²) in [6.07, 6.45) is 11.6. The molecule has 1 heterocycles. The largest absolute Gasteiger partial charge is 0.337 e. The topological polar surface area (TPSA) is 56.1 Å². The first-order valence-corrected chi connectivity index (χ1v) is 8.69. The van der Waals surface area contributed by atoms with Crippen LogP contribution in [0.15, 0.2) is 0 Å². The van der Waals surface area contributed by atoms with E-state index in [0.29, 0.717) is 12.6 Å². The molecule has 3 aliphatic rings. The van der Waals surface area contributed by atoms with Gasteiger partial charge in [0.25, 0.3) is 0 Å². The fourth-order valence-corrected chi connectivity index (χ4v) is 4.66. The summed E-state index contributed by atoms with van der Waals surface area (Å²) in [5.41, 5.74) is -0.570. The average molecular weight is 289 g/mol. The summed E-state index contributed by atoms with van der Waals surface area (Å²) in [6, 6.07) is 2.96. The van der Waals surface area contributed by atoms with Crippen molar-refractivity contribution in [1.82, 2.24) is 10.2 Å². The maximum Gasteiger partial charge on any atom is 0.235 e. The molecule has 0 aromatic rings. The van der Waals surface area contributed by atoms with Gasteiger partial charge < -0.3 is 5.32 Å². The molecule has 0 bridgehead atoms. The van der Waals surface area contributed by atoms with Gasteiger partial charge in [0.1, 0.15) is 5.54 Å². The van der Waals surface area contributed by atoms with Gasteiger partial charge in [-0.05, 0) is 63.8 Å². The Kier molecular flexibility index (Phi) is 4.49. The molecule has 3 rings (SSSR count). The molecule has 0 aromatic carbocycles. The quantitative estimate of drug-likeness (QED) is 0.865. The standard InChI is InChI=1S/C17H27N3O/c18-13-17(9-3-4-10-17)19-16(21)12-20-11-5-8-15(20)14-6-1-2-7-14/h14-15H,1-12H2,(H,19,21)/t15-/m0/s1. The van der Waals surface area contributed by atoms with E-state index in [2.05, 4.69) is 16.3 Å². The fourth-order valence-electron chi connectivity index (χ4n) is 4.66. The predicted molar refractivity (Wildman–Crippen MR) is 81.5 cm³/mol. The second kappa shape index (κ2) is 6.36. The highest BCUT2D eigenvalue weighted by Gasteiger charge is 2.38. The highest BCUT2D eigenvalue weighted by molar-refractivity contribution is 5.79. The van der Waals surface area contributed by atoms with E-state index in [4.69, 9.17) is 0 Å². The molecule has 2 saturated carbocycles. The van der Waals surface area contributed by atoms with Crippen LogP contribution in [0.3, 0.4) is 0 Å². The number of amides is 1. The second-order valence-corrected chi connectivity index (χ2v) is 7.17. The molecule has 3 fully saturated rings. The van der Waals surface area contributed by atoms with Gasteiger partial charge in [-0.2, -0.15) is 5.26 Å². The first-order valence-electron chi connectivity index (χ1n) is 8.69. The monoisotopic (exact) mass is 289 g/mol. The third-order valence-corrected chi connectivity index (χ3v) is 5.75. The van der Waals surface area contributed by atoms with E-state index >= 15 is 0 Å². The van der Waals surface area contributed by atoms with E-state index in [9.17, 15) is 10.1 Å². The lowest BCUT2D eigenvalue weighted by Gasteiger charge is -2.30. The van der Waals surface area contributed by atoms with Crippen LogP contribution < -0.4 is 5.32 Å². The van der Waals surface area contributed by atoms with Crippen molar-refractivity contribution in [2.45, 2.75) is 75.8 Å². The molecule has 2 aliphatic carbocycles. The number of nitriles is 1. The Hall–Kier alpha value is -1.08. The van der Waals surface area contributed by atoms with Crippen LogP contribution in [0.5, 0.6) is 0 Å². The lowest BCUT2D eigenvalue weighted by atomic mass is 9.96. The zero-order valence-corrected chi connectivity index (χ0v) is 12.9. The van der Waals surface area contributed by atoms with Crippen molar-refractivity contribution < 1.29 is 4.79 Å². The van der Waals surface area contributed by atoms with Crippen LogP contribution in [-0.2, 0) is 4.79 Å². The van der Waals surface area contributed by atoms with Crippen molar-refractivity contribution in [2.24, 2.45) is 5.92 Å². The summed E-state index contributed by atoms with van der Waals surface area (Å²) in [4.78, 5) is 14.8. The minimum Gasteiger partial charge on any atom is -0.337 e. The van der Waals surface area contributed by atoms with Gasteiger partial charge in [0.2, 0.25) is 5.91 Å². The van der Waals surface area contributed by atoms with Crippen molar-refractivity contribution in [3.63, 3.8) is 0 Å². The van der Waals surface area contributed by atoms with Crippen molar-refractivity contribution in [1.29, 1.82) is 5.26 Å². The van der Waals surface area contributed by atoms with E-state index < -0.39 is 5.54 Å². The molecule has 0 unspecified atom stereocenters. The predicted octanol–water partition coefficient (Wildman–Crippen LogP) is 2.59. The minimum absolute atomic E-state index is 0.0587. The number of nitrogens with one attached hydrogen (secondary N) is 1. The van der Waals surface area contributed by atoms with Crippen LogP contribution in [0.4, 0.5) is 0 Å². The van der Waals surface area contributed by atoms with Crippen LogP contribution in [-0.4, -0.2) is 35.5 Å². The van der Waals surface area contributed by atoms with Crippen molar-refractivity contribution in [2.75, 3.05) is 13.1 Å². The number of likely N-dealkylation sites (tertiary alicyclic amines) is 1. The van der Waals surface area contributed by atoms with Gasteiger partial charge in [0.15, 0.2) is 0 Å². The third kappa shape index (κ3) is 3.23. The van der Waals surface area contributed by atoms with Crippen LogP contribution in [0.25, 0.3) is 0 Å². The molecule has 1 amide bonds. The Balaban J connectivity index is 1.55. The van der Waals surface area contributed by atoms with Crippen molar-refractivity contribution in [3.05, 3.63) is 0 Å². The molecule has 1 saturated heterocycles. The molecular weight excluding hydrogens is 262 g/mol.